The van der Waals surface area contributed by atoms with Crippen molar-refractivity contribution in [2.24, 2.45) is 5.92 Å². The zero-order valence-corrected chi connectivity index (χ0v) is 11.4. The Hall–Kier alpha value is -1.36. The molecule has 2 heterocycles. The maximum absolute atomic E-state index is 11.8. The fourth-order valence-electron chi connectivity index (χ4n) is 2.69. The van der Waals surface area contributed by atoms with Crippen LogP contribution in [0, 0.1) is 12.8 Å². The third-order valence-electron chi connectivity index (χ3n) is 3.85. The highest BCUT2D eigenvalue weighted by atomic mass is 16.3. The van der Waals surface area contributed by atoms with Gasteiger partial charge in [0.25, 0.3) is 0 Å². The molecular weight excluding hydrogens is 242 g/mol. The van der Waals surface area contributed by atoms with Crippen molar-refractivity contribution in [2.45, 2.75) is 45.2 Å². The van der Waals surface area contributed by atoms with Gasteiger partial charge in [-0.25, -0.2) is 4.98 Å². The van der Waals surface area contributed by atoms with Crippen LogP contribution in [0.5, 0.6) is 0 Å². The number of nitrogens with zero attached hydrogens (tertiary/aromatic N) is 2. The summed E-state index contributed by atoms with van der Waals surface area (Å²) in [4.78, 5) is 18.5. The summed E-state index contributed by atoms with van der Waals surface area (Å²) in [6.07, 6.45) is 6.09. The van der Waals surface area contributed by atoms with Crippen LogP contribution in [0.4, 0.5) is 0 Å². The van der Waals surface area contributed by atoms with E-state index in [1.54, 1.807) is 6.26 Å². The molecule has 5 heteroatoms. The molecule has 1 aliphatic carbocycles. The third kappa shape index (κ3) is 3.35. The van der Waals surface area contributed by atoms with Gasteiger partial charge in [0.15, 0.2) is 5.89 Å². The fourth-order valence-corrected chi connectivity index (χ4v) is 2.69. The van der Waals surface area contributed by atoms with Gasteiger partial charge in [0, 0.05) is 32.0 Å². The van der Waals surface area contributed by atoms with E-state index >= 15 is 0 Å². The maximum atomic E-state index is 11.8. The smallest absolute Gasteiger partial charge is 0.223 e. The van der Waals surface area contributed by atoms with Crippen LogP contribution in [0.1, 0.15) is 37.3 Å². The van der Waals surface area contributed by atoms with Crippen molar-refractivity contribution in [1.82, 2.24) is 15.2 Å². The van der Waals surface area contributed by atoms with E-state index in [-0.39, 0.29) is 5.91 Å². The summed E-state index contributed by atoms with van der Waals surface area (Å²) in [7, 11) is 0. The van der Waals surface area contributed by atoms with E-state index in [9.17, 15) is 4.79 Å². The Morgan fingerprint density at radius 1 is 1.53 bits per heavy atom. The number of carbonyl (C=O) groups is 1. The van der Waals surface area contributed by atoms with Crippen LogP contribution < -0.4 is 5.32 Å². The second-order valence-corrected chi connectivity index (χ2v) is 5.71. The number of hydrogen-bond acceptors (Lipinski definition) is 4. The molecule has 104 valence electrons. The first-order valence-corrected chi connectivity index (χ1v) is 7.14. The number of aromatic nitrogens is 1. The number of amides is 1. The van der Waals surface area contributed by atoms with E-state index in [1.165, 1.54) is 0 Å². The highest BCUT2D eigenvalue weighted by molar-refractivity contribution is 5.81. The molecule has 2 aliphatic rings. The fraction of sp³-hybridized carbons (Fsp3) is 0.714. The van der Waals surface area contributed by atoms with Gasteiger partial charge < -0.3 is 9.73 Å². The second kappa shape index (κ2) is 5.33. The summed E-state index contributed by atoms with van der Waals surface area (Å²) in [5, 5.41) is 3.18. The Morgan fingerprint density at radius 2 is 2.37 bits per heavy atom. The zero-order valence-electron chi connectivity index (χ0n) is 11.4. The highest BCUT2D eigenvalue weighted by Crippen LogP contribution is 2.29. The standard InChI is InChI=1S/C14H21N3O2/c1-10-15-13(9-19-10)8-17-6-2-3-12(7-17)16-14(18)11-4-5-11/h9,11-12H,2-8H2,1H3,(H,16,18). The third-order valence-corrected chi connectivity index (χ3v) is 3.85. The summed E-state index contributed by atoms with van der Waals surface area (Å²) in [5.74, 6) is 1.27. The molecule has 0 radical (unpaired) electrons. The monoisotopic (exact) mass is 263 g/mol. The maximum Gasteiger partial charge on any atom is 0.223 e. The highest BCUT2D eigenvalue weighted by Gasteiger charge is 2.32. The van der Waals surface area contributed by atoms with Crippen LogP contribution >= 0.6 is 0 Å². The lowest BCUT2D eigenvalue weighted by atomic mass is 10.1. The lowest BCUT2D eigenvalue weighted by Gasteiger charge is -2.32. The van der Waals surface area contributed by atoms with E-state index in [2.05, 4.69) is 15.2 Å². The number of oxazole rings is 1. The van der Waals surface area contributed by atoms with Gasteiger partial charge in [-0.05, 0) is 32.2 Å². The molecule has 1 atom stereocenters. The number of piperidine rings is 1. The molecule has 1 aliphatic heterocycles. The topological polar surface area (TPSA) is 58.4 Å². The number of likely N-dealkylation sites (tertiary alicyclic amines) is 1. The first kappa shape index (κ1) is 12.7. The van der Waals surface area contributed by atoms with Gasteiger partial charge in [-0.1, -0.05) is 0 Å². The largest absolute Gasteiger partial charge is 0.449 e. The molecule has 2 fully saturated rings. The van der Waals surface area contributed by atoms with Crippen molar-refractivity contribution in [3.8, 4) is 0 Å². The molecule has 1 amide bonds. The summed E-state index contributed by atoms with van der Waals surface area (Å²) < 4.78 is 5.23. The van der Waals surface area contributed by atoms with Crippen molar-refractivity contribution in [3.63, 3.8) is 0 Å². The molecule has 1 aromatic rings. The Balaban J connectivity index is 1.51. The van der Waals surface area contributed by atoms with Crippen LogP contribution in [-0.4, -0.2) is 34.9 Å². The minimum atomic E-state index is 0.254. The molecule has 0 bridgehead atoms. The van der Waals surface area contributed by atoms with Crippen LogP contribution in [0.15, 0.2) is 10.7 Å². The Kier molecular flexibility index (Phi) is 3.55. The summed E-state index contributed by atoms with van der Waals surface area (Å²) in [6.45, 7) is 4.66. The van der Waals surface area contributed by atoms with E-state index in [1.807, 2.05) is 6.92 Å². The van der Waals surface area contributed by atoms with Gasteiger partial charge in [0.2, 0.25) is 5.91 Å². The molecule has 0 spiro atoms. The van der Waals surface area contributed by atoms with Crippen LogP contribution in [0.3, 0.4) is 0 Å². The molecular formula is C14H21N3O2. The van der Waals surface area contributed by atoms with Gasteiger partial charge in [-0.3, -0.25) is 9.69 Å². The molecule has 1 saturated carbocycles. The number of rotatable bonds is 4. The van der Waals surface area contributed by atoms with Gasteiger partial charge in [-0.15, -0.1) is 0 Å². The molecule has 1 N–H and O–H groups in total. The molecule has 19 heavy (non-hydrogen) atoms. The van der Waals surface area contributed by atoms with Crippen molar-refractivity contribution in [2.75, 3.05) is 13.1 Å². The average molecular weight is 263 g/mol. The molecule has 1 unspecified atom stereocenters. The van der Waals surface area contributed by atoms with Crippen molar-refractivity contribution in [1.29, 1.82) is 0 Å². The SMILES string of the molecule is Cc1nc(CN2CCCC(NC(=O)C3CC3)C2)co1. The number of hydrogen-bond donors (Lipinski definition) is 1. The molecule has 1 saturated heterocycles. The first-order chi connectivity index (χ1) is 9.20. The van der Waals surface area contributed by atoms with E-state index in [0.717, 1.165) is 51.0 Å². The summed E-state index contributed by atoms with van der Waals surface area (Å²) in [6, 6.07) is 0.301. The lowest BCUT2D eigenvalue weighted by molar-refractivity contribution is -0.123. The number of nitrogens with one attached hydrogen (secondary N) is 1. The molecule has 1 aromatic heterocycles. The molecule has 5 nitrogen and oxygen atoms in total. The second-order valence-electron chi connectivity index (χ2n) is 5.71. The average Bonchev–Trinajstić information content (AvgIpc) is 3.15. The predicted molar refractivity (Wildman–Crippen MR) is 70.4 cm³/mol. The number of carbonyl (C=O) groups excluding carboxylic acids is 1. The van der Waals surface area contributed by atoms with Crippen molar-refractivity contribution in [3.05, 3.63) is 17.8 Å². The van der Waals surface area contributed by atoms with Crippen molar-refractivity contribution >= 4 is 5.91 Å². The van der Waals surface area contributed by atoms with Gasteiger partial charge in [0.1, 0.15) is 6.26 Å². The Bertz CT molecular complexity index is 453. The van der Waals surface area contributed by atoms with Gasteiger partial charge >= 0.3 is 0 Å². The zero-order chi connectivity index (χ0) is 13.2. The minimum Gasteiger partial charge on any atom is -0.449 e. The van der Waals surface area contributed by atoms with E-state index in [0.29, 0.717) is 17.9 Å². The minimum absolute atomic E-state index is 0.254. The van der Waals surface area contributed by atoms with Gasteiger partial charge in [-0.2, -0.15) is 0 Å². The normalized spacial score (nSPS) is 24.4. The van der Waals surface area contributed by atoms with E-state index in [4.69, 9.17) is 4.42 Å². The number of aryl methyl sites for hydroxylation is 1. The van der Waals surface area contributed by atoms with Crippen LogP contribution in [0.2, 0.25) is 0 Å². The van der Waals surface area contributed by atoms with E-state index < -0.39 is 0 Å². The Labute approximate surface area is 113 Å². The summed E-state index contributed by atoms with van der Waals surface area (Å²) >= 11 is 0. The Morgan fingerprint density at radius 3 is 3.05 bits per heavy atom. The van der Waals surface area contributed by atoms with Crippen LogP contribution in [-0.2, 0) is 11.3 Å². The van der Waals surface area contributed by atoms with Crippen molar-refractivity contribution < 1.29 is 9.21 Å². The predicted octanol–water partition coefficient (Wildman–Crippen LogP) is 1.47. The lowest BCUT2D eigenvalue weighted by Crippen LogP contribution is -2.47. The van der Waals surface area contributed by atoms with Crippen LogP contribution in [0.25, 0.3) is 0 Å². The quantitative estimate of drug-likeness (QED) is 0.893. The molecule has 0 aromatic carbocycles. The van der Waals surface area contributed by atoms with Gasteiger partial charge in [0.05, 0.1) is 5.69 Å². The summed E-state index contributed by atoms with van der Waals surface area (Å²) in [5.41, 5.74) is 0.978. The molecule has 3 rings (SSSR count). The first-order valence-electron chi connectivity index (χ1n) is 7.14.